The van der Waals surface area contributed by atoms with Gasteiger partial charge in [0, 0.05) is 39.1 Å². The van der Waals surface area contributed by atoms with E-state index >= 15 is 0 Å². The Bertz CT molecular complexity index is 339. The maximum atomic E-state index is 12.0. The van der Waals surface area contributed by atoms with Crippen LogP contribution in [0.15, 0.2) is 0 Å². The van der Waals surface area contributed by atoms with Gasteiger partial charge in [-0.2, -0.15) is 0 Å². The van der Waals surface area contributed by atoms with E-state index in [-0.39, 0.29) is 12.5 Å². The Morgan fingerprint density at radius 2 is 1.76 bits per heavy atom. The number of piperazine rings is 1. The predicted molar refractivity (Wildman–Crippen MR) is 82.3 cm³/mol. The van der Waals surface area contributed by atoms with E-state index in [1.54, 1.807) is 0 Å². The molecule has 1 atom stereocenters. The molecule has 0 spiro atoms. The van der Waals surface area contributed by atoms with Crippen LogP contribution in [0.4, 0.5) is 4.79 Å². The topological polar surface area (TPSA) is 72.9 Å². The van der Waals surface area contributed by atoms with Crippen LogP contribution in [0.3, 0.4) is 0 Å². The van der Waals surface area contributed by atoms with Crippen LogP contribution in [-0.4, -0.2) is 66.7 Å². The summed E-state index contributed by atoms with van der Waals surface area (Å²) in [6, 6.07) is 0.00356. The van der Waals surface area contributed by atoms with Crippen LogP contribution in [0.1, 0.15) is 33.1 Å². The number of carbonyl (C=O) groups is 2. The van der Waals surface area contributed by atoms with Gasteiger partial charge in [0.05, 0.1) is 0 Å². The van der Waals surface area contributed by atoms with Gasteiger partial charge in [-0.1, -0.05) is 13.8 Å². The Kier molecular flexibility index (Phi) is 7.50. The van der Waals surface area contributed by atoms with Crippen molar-refractivity contribution in [3.63, 3.8) is 0 Å². The number of hydrogen-bond acceptors (Lipinski definition) is 3. The molecule has 2 amide bonds. The van der Waals surface area contributed by atoms with Gasteiger partial charge in [-0.25, -0.2) is 4.79 Å². The maximum absolute atomic E-state index is 12.0. The van der Waals surface area contributed by atoms with Crippen molar-refractivity contribution >= 4 is 12.0 Å². The lowest BCUT2D eigenvalue weighted by molar-refractivity contribution is -0.137. The number of likely N-dealkylation sites (N-methyl/N-ethyl adjacent to an activating group) is 1. The van der Waals surface area contributed by atoms with Gasteiger partial charge in [0.2, 0.25) is 0 Å². The molecule has 1 saturated heterocycles. The molecule has 0 saturated carbocycles. The molecule has 1 aliphatic rings. The van der Waals surface area contributed by atoms with Crippen LogP contribution in [0, 0.1) is 11.8 Å². The fourth-order valence-corrected chi connectivity index (χ4v) is 2.61. The first-order valence-electron chi connectivity index (χ1n) is 7.83. The summed E-state index contributed by atoms with van der Waals surface area (Å²) in [7, 11) is 2.06. The molecule has 1 rings (SSSR count). The first-order chi connectivity index (χ1) is 9.90. The molecule has 2 N–H and O–H groups in total. The lowest BCUT2D eigenvalue weighted by Gasteiger charge is -2.32. The molecule has 1 heterocycles. The summed E-state index contributed by atoms with van der Waals surface area (Å²) in [5.41, 5.74) is 0. The molecule has 0 bridgehead atoms. The van der Waals surface area contributed by atoms with E-state index < -0.39 is 5.97 Å². The van der Waals surface area contributed by atoms with Crippen LogP contribution in [0.5, 0.6) is 0 Å². The Balaban J connectivity index is 2.26. The minimum absolute atomic E-state index is 0.00356. The van der Waals surface area contributed by atoms with Gasteiger partial charge in [-0.15, -0.1) is 0 Å². The van der Waals surface area contributed by atoms with E-state index in [0.717, 1.165) is 32.6 Å². The average molecular weight is 299 g/mol. The van der Waals surface area contributed by atoms with Crippen LogP contribution in [-0.2, 0) is 4.79 Å². The van der Waals surface area contributed by atoms with E-state index in [1.165, 1.54) is 0 Å². The summed E-state index contributed by atoms with van der Waals surface area (Å²) < 4.78 is 0. The summed E-state index contributed by atoms with van der Waals surface area (Å²) in [6.45, 7) is 8.21. The summed E-state index contributed by atoms with van der Waals surface area (Å²) >= 11 is 0. The predicted octanol–water partition coefficient (Wildman–Crippen LogP) is 1.47. The third-order valence-corrected chi connectivity index (χ3v) is 4.25. The lowest BCUT2D eigenvalue weighted by Crippen LogP contribution is -2.50. The maximum Gasteiger partial charge on any atom is 0.317 e. The minimum atomic E-state index is -0.748. The molecule has 6 nitrogen and oxygen atoms in total. The van der Waals surface area contributed by atoms with Gasteiger partial charge < -0.3 is 20.2 Å². The SMILES string of the molecule is CC(C)C(CCNC(=O)N1CCN(C)CC1)CCC(=O)O. The molecule has 1 aliphatic heterocycles. The van der Waals surface area contributed by atoms with E-state index in [4.69, 9.17) is 5.11 Å². The highest BCUT2D eigenvalue weighted by Gasteiger charge is 2.19. The highest BCUT2D eigenvalue weighted by atomic mass is 16.4. The molecule has 0 aliphatic carbocycles. The number of urea groups is 1. The molecule has 1 unspecified atom stereocenters. The molecule has 0 aromatic carbocycles. The van der Waals surface area contributed by atoms with Crippen molar-refractivity contribution in [3.05, 3.63) is 0 Å². The molecular weight excluding hydrogens is 270 g/mol. The number of aliphatic carboxylic acids is 1. The van der Waals surface area contributed by atoms with Crippen molar-refractivity contribution in [2.24, 2.45) is 11.8 Å². The van der Waals surface area contributed by atoms with Crippen LogP contribution >= 0.6 is 0 Å². The second-order valence-electron chi connectivity index (χ2n) is 6.25. The summed E-state index contributed by atoms with van der Waals surface area (Å²) in [4.78, 5) is 26.7. The Hall–Kier alpha value is -1.30. The molecule has 1 fully saturated rings. The van der Waals surface area contributed by atoms with Crippen molar-refractivity contribution in [1.82, 2.24) is 15.1 Å². The monoisotopic (exact) mass is 299 g/mol. The van der Waals surface area contributed by atoms with E-state index in [0.29, 0.717) is 24.8 Å². The van der Waals surface area contributed by atoms with Gasteiger partial charge in [0.15, 0.2) is 0 Å². The first-order valence-corrected chi connectivity index (χ1v) is 7.83. The van der Waals surface area contributed by atoms with Crippen molar-refractivity contribution < 1.29 is 14.7 Å². The minimum Gasteiger partial charge on any atom is -0.481 e. The lowest BCUT2D eigenvalue weighted by atomic mass is 9.88. The molecule has 122 valence electrons. The molecule has 0 aromatic rings. The second-order valence-corrected chi connectivity index (χ2v) is 6.25. The van der Waals surface area contributed by atoms with Gasteiger partial charge in [-0.05, 0) is 31.7 Å². The van der Waals surface area contributed by atoms with Crippen molar-refractivity contribution in [2.75, 3.05) is 39.8 Å². The summed E-state index contributed by atoms with van der Waals surface area (Å²) in [6.07, 6.45) is 1.72. The third-order valence-electron chi connectivity index (χ3n) is 4.25. The van der Waals surface area contributed by atoms with E-state index in [2.05, 4.69) is 31.1 Å². The molecule has 21 heavy (non-hydrogen) atoms. The number of hydrogen-bond donors (Lipinski definition) is 2. The second kappa shape index (κ2) is 8.87. The Labute approximate surface area is 127 Å². The fourth-order valence-electron chi connectivity index (χ4n) is 2.61. The van der Waals surface area contributed by atoms with Crippen molar-refractivity contribution in [2.45, 2.75) is 33.1 Å². The fraction of sp³-hybridized carbons (Fsp3) is 0.867. The third kappa shape index (κ3) is 6.80. The molecular formula is C15H29N3O3. The van der Waals surface area contributed by atoms with Crippen LogP contribution in [0.25, 0.3) is 0 Å². The van der Waals surface area contributed by atoms with E-state index in [9.17, 15) is 9.59 Å². The zero-order valence-corrected chi connectivity index (χ0v) is 13.5. The number of carbonyl (C=O) groups excluding carboxylic acids is 1. The van der Waals surface area contributed by atoms with Crippen molar-refractivity contribution in [1.29, 1.82) is 0 Å². The van der Waals surface area contributed by atoms with E-state index in [1.807, 2.05) is 4.90 Å². The van der Waals surface area contributed by atoms with Gasteiger partial charge in [-0.3, -0.25) is 4.79 Å². The van der Waals surface area contributed by atoms with Crippen molar-refractivity contribution in [3.8, 4) is 0 Å². The first kappa shape index (κ1) is 17.8. The Morgan fingerprint density at radius 1 is 1.14 bits per heavy atom. The highest BCUT2D eigenvalue weighted by molar-refractivity contribution is 5.74. The average Bonchev–Trinajstić information content (AvgIpc) is 2.42. The smallest absolute Gasteiger partial charge is 0.317 e. The highest BCUT2D eigenvalue weighted by Crippen LogP contribution is 2.20. The van der Waals surface area contributed by atoms with Crippen LogP contribution in [0.2, 0.25) is 0 Å². The van der Waals surface area contributed by atoms with Gasteiger partial charge in [0.1, 0.15) is 0 Å². The zero-order valence-electron chi connectivity index (χ0n) is 13.5. The molecule has 0 aromatic heterocycles. The van der Waals surface area contributed by atoms with Crippen LogP contribution < -0.4 is 5.32 Å². The summed E-state index contributed by atoms with van der Waals surface area (Å²) in [5.74, 6) is 0.0286. The number of carboxylic acid groups (broad SMARTS) is 1. The summed E-state index contributed by atoms with van der Waals surface area (Å²) in [5, 5.41) is 11.7. The largest absolute Gasteiger partial charge is 0.481 e. The molecule has 0 radical (unpaired) electrons. The quantitative estimate of drug-likeness (QED) is 0.746. The normalized spacial score (nSPS) is 17.8. The number of carboxylic acids is 1. The number of nitrogens with zero attached hydrogens (tertiary/aromatic N) is 2. The number of amides is 2. The standard InChI is InChI=1S/C15H29N3O3/c1-12(2)13(4-5-14(19)20)6-7-16-15(21)18-10-8-17(3)9-11-18/h12-13H,4-11H2,1-3H3,(H,16,21)(H,19,20). The number of rotatable bonds is 7. The Morgan fingerprint density at radius 3 is 2.29 bits per heavy atom. The zero-order chi connectivity index (χ0) is 15.8. The van der Waals surface area contributed by atoms with Gasteiger partial charge in [0.25, 0.3) is 0 Å². The van der Waals surface area contributed by atoms with Gasteiger partial charge >= 0.3 is 12.0 Å². The molecule has 6 heteroatoms. The number of nitrogens with one attached hydrogen (secondary N) is 1.